The molecule has 24 heavy (non-hydrogen) atoms. The van der Waals surface area contributed by atoms with Crippen molar-refractivity contribution in [2.24, 2.45) is 5.92 Å². The quantitative estimate of drug-likeness (QED) is 0.774. The molecule has 128 valence electrons. The summed E-state index contributed by atoms with van der Waals surface area (Å²) in [4.78, 5) is 16.3. The topological polar surface area (TPSA) is 54.0 Å². The van der Waals surface area contributed by atoms with E-state index in [0.717, 1.165) is 17.8 Å². The van der Waals surface area contributed by atoms with Gasteiger partial charge in [0.25, 0.3) is 5.91 Å². The van der Waals surface area contributed by atoms with Crippen LogP contribution >= 0.6 is 0 Å². The molecule has 0 saturated carbocycles. The van der Waals surface area contributed by atoms with Crippen LogP contribution in [0.1, 0.15) is 56.0 Å². The number of hydrogen-bond donors (Lipinski definition) is 2. The Kier molecular flexibility index (Phi) is 6.36. The van der Waals surface area contributed by atoms with E-state index < -0.39 is 0 Å². The fourth-order valence-electron chi connectivity index (χ4n) is 2.33. The molecule has 0 saturated heterocycles. The zero-order valence-electron chi connectivity index (χ0n) is 15.0. The number of aromatic nitrogens is 1. The van der Waals surface area contributed by atoms with Crippen molar-refractivity contribution in [2.75, 3.05) is 11.9 Å². The molecule has 0 aliphatic heterocycles. The largest absolute Gasteiger partial charge is 0.354 e. The third-order valence-corrected chi connectivity index (χ3v) is 3.87. The Balaban J connectivity index is 2.00. The fraction of sp³-hybridized carbons (Fsp3) is 0.400. The van der Waals surface area contributed by atoms with Crippen LogP contribution in [0.3, 0.4) is 0 Å². The van der Waals surface area contributed by atoms with Gasteiger partial charge in [-0.2, -0.15) is 0 Å². The Morgan fingerprint density at radius 1 is 1.04 bits per heavy atom. The molecule has 2 N–H and O–H groups in total. The van der Waals surface area contributed by atoms with E-state index in [1.807, 2.05) is 18.2 Å². The van der Waals surface area contributed by atoms with Crippen LogP contribution in [0.5, 0.6) is 0 Å². The number of nitrogens with one attached hydrogen (secondary N) is 2. The van der Waals surface area contributed by atoms with Crippen LogP contribution in [0, 0.1) is 5.92 Å². The van der Waals surface area contributed by atoms with Crippen LogP contribution < -0.4 is 10.6 Å². The first-order chi connectivity index (χ1) is 11.5. The van der Waals surface area contributed by atoms with Crippen molar-refractivity contribution in [3.63, 3.8) is 0 Å². The summed E-state index contributed by atoms with van der Waals surface area (Å²) in [7, 11) is 0. The zero-order chi connectivity index (χ0) is 17.5. The summed E-state index contributed by atoms with van der Waals surface area (Å²) in [5.74, 6) is 1.01. The van der Waals surface area contributed by atoms with Crippen LogP contribution in [-0.2, 0) is 0 Å². The second-order valence-corrected chi connectivity index (χ2v) is 6.80. The monoisotopic (exact) mass is 325 g/mol. The average Bonchev–Trinajstić information content (AvgIpc) is 2.55. The normalized spacial score (nSPS) is 10.9. The Morgan fingerprint density at radius 2 is 1.75 bits per heavy atom. The molecule has 1 amide bonds. The number of nitrogens with zero attached hydrogens (tertiary/aromatic N) is 1. The number of carbonyl (C=O) groups is 1. The van der Waals surface area contributed by atoms with Crippen LogP contribution in [0.15, 0.2) is 42.7 Å². The van der Waals surface area contributed by atoms with E-state index in [-0.39, 0.29) is 5.91 Å². The van der Waals surface area contributed by atoms with Gasteiger partial charge in [-0.25, -0.2) is 0 Å². The van der Waals surface area contributed by atoms with Crippen LogP contribution in [0.25, 0.3) is 0 Å². The molecule has 4 nitrogen and oxygen atoms in total. The van der Waals surface area contributed by atoms with E-state index in [1.54, 1.807) is 12.4 Å². The number of carbonyl (C=O) groups excluding carboxylic acids is 1. The minimum absolute atomic E-state index is 0.0815. The highest BCUT2D eigenvalue weighted by molar-refractivity contribution is 5.94. The summed E-state index contributed by atoms with van der Waals surface area (Å²) in [5, 5.41) is 6.23. The van der Waals surface area contributed by atoms with E-state index in [1.165, 1.54) is 5.56 Å². The number of pyridine rings is 1. The van der Waals surface area contributed by atoms with Gasteiger partial charge in [0.1, 0.15) is 0 Å². The molecule has 0 aliphatic rings. The third kappa shape index (κ3) is 5.37. The predicted molar refractivity (Wildman–Crippen MR) is 99.8 cm³/mol. The summed E-state index contributed by atoms with van der Waals surface area (Å²) in [6, 6.07) is 10.1. The maximum atomic E-state index is 12.2. The summed E-state index contributed by atoms with van der Waals surface area (Å²) >= 11 is 0. The van der Waals surface area contributed by atoms with Gasteiger partial charge < -0.3 is 10.6 Å². The highest BCUT2D eigenvalue weighted by atomic mass is 16.1. The van der Waals surface area contributed by atoms with Gasteiger partial charge in [-0.1, -0.05) is 39.8 Å². The Morgan fingerprint density at radius 3 is 2.38 bits per heavy atom. The summed E-state index contributed by atoms with van der Waals surface area (Å²) in [6.45, 7) is 9.32. The Labute approximate surface area is 144 Å². The van der Waals surface area contributed by atoms with Crippen molar-refractivity contribution in [1.29, 1.82) is 0 Å². The number of anilines is 2. The molecule has 4 heteroatoms. The molecule has 0 radical (unpaired) electrons. The Bertz CT molecular complexity index is 663. The molecule has 1 heterocycles. The van der Waals surface area contributed by atoms with E-state index in [0.29, 0.717) is 23.9 Å². The molecule has 0 bridgehead atoms. The number of benzene rings is 1. The van der Waals surface area contributed by atoms with Crippen molar-refractivity contribution in [3.05, 3.63) is 53.9 Å². The van der Waals surface area contributed by atoms with E-state index in [2.05, 4.69) is 55.4 Å². The molecule has 0 fully saturated rings. The Hall–Kier alpha value is -2.36. The summed E-state index contributed by atoms with van der Waals surface area (Å²) in [6.07, 6.45) is 4.29. The second kappa shape index (κ2) is 8.48. The van der Waals surface area contributed by atoms with Crippen molar-refractivity contribution in [2.45, 2.75) is 40.0 Å². The third-order valence-electron chi connectivity index (χ3n) is 3.87. The van der Waals surface area contributed by atoms with E-state index >= 15 is 0 Å². The van der Waals surface area contributed by atoms with Gasteiger partial charge >= 0.3 is 0 Å². The standard InChI is InChI=1S/C20H27N3O/c1-14(2)9-10-22-20(24)17-11-19(13-21-12-17)23-18-7-5-16(6-8-18)15(3)4/h5-8,11-15,23H,9-10H2,1-4H3,(H,22,24). The average molecular weight is 325 g/mol. The second-order valence-electron chi connectivity index (χ2n) is 6.80. The molecular formula is C20H27N3O. The number of hydrogen-bond acceptors (Lipinski definition) is 3. The first kappa shape index (κ1) is 18.0. The van der Waals surface area contributed by atoms with Crippen LogP contribution in [0.2, 0.25) is 0 Å². The van der Waals surface area contributed by atoms with Crippen LogP contribution in [0.4, 0.5) is 11.4 Å². The maximum absolute atomic E-state index is 12.2. The lowest BCUT2D eigenvalue weighted by atomic mass is 10.0. The lowest BCUT2D eigenvalue weighted by Gasteiger charge is -2.11. The van der Waals surface area contributed by atoms with Crippen LogP contribution in [-0.4, -0.2) is 17.4 Å². The highest BCUT2D eigenvalue weighted by Gasteiger charge is 2.07. The SMILES string of the molecule is CC(C)CCNC(=O)c1cncc(Nc2ccc(C(C)C)cc2)c1. The smallest absolute Gasteiger partial charge is 0.252 e. The molecular weight excluding hydrogens is 298 g/mol. The molecule has 0 aliphatic carbocycles. The molecule has 1 aromatic carbocycles. The summed E-state index contributed by atoms with van der Waals surface area (Å²) < 4.78 is 0. The lowest BCUT2D eigenvalue weighted by Crippen LogP contribution is -2.25. The first-order valence-corrected chi connectivity index (χ1v) is 8.56. The molecule has 2 rings (SSSR count). The fourth-order valence-corrected chi connectivity index (χ4v) is 2.33. The minimum Gasteiger partial charge on any atom is -0.354 e. The number of rotatable bonds is 7. The zero-order valence-corrected chi connectivity index (χ0v) is 15.0. The van der Waals surface area contributed by atoms with Gasteiger partial charge in [0.05, 0.1) is 17.4 Å². The number of amides is 1. The summed E-state index contributed by atoms with van der Waals surface area (Å²) in [5.41, 5.74) is 3.67. The molecule has 0 atom stereocenters. The van der Waals surface area contributed by atoms with Gasteiger partial charge in [0, 0.05) is 18.4 Å². The predicted octanol–water partition coefficient (Wildman–Crippen LogP) is 4.72. The molecule has 0 unspecified atom stereocenters. The van der Waals surface area contributed by atoms with Crippen molar-refractivity contribution in [3.8, 4) is 0 Å². The van der Waals surface area contributed by atoms with E-state index in [4.69, 9.17) is 0 Å². The minimum atomic E-state index is -0.0815. The highest BCUT2D eigenvalue weighted by Crippen LogP contribution is 2.20. The molecule has 1 aromatic heterocycles. The van der Waals surface area contributed by atoms with Gasteiger partial charge in [-0.05, 0) is 42.0 Å². The van der Waals surface area contributed by atoms with E-state index in [9.17, 15) is 4.79 Å². The molecule has 2 aromatic rings. The molecule has 0 spiro atoms. The lowest BCUT2D eigenvalue weighted by molar-refractivity contribution is 0.0951. The maximum Gasteiger partial charge on any atom is 0.252 e. The van der Waals surface area contributed by atoms with Crippen molar-refractivity contribution < 1.29 is 4.79 Å². The van der Waals surface area contributed by atoms with Gasteiger partial charge in [0.2, 0.25) is 0 Å². The van der Waals surface area contributed by atoms with Crippen molar-refractivity contribution >= 4 is 17.3 Å². The van der Waals surface area contributed by atoms with Gasteiger partial charge in [0.15, 0.2) is 0 Å². The first-order valence-electron chi connectivity index (χ1n) is 8.56. The van der Waals surface area contributed by atoms with Gasteiger partial charge in [-0.3, -0.25) is 9.78 Å². The van der Waals surface area contributed by atoms with Gasteiger partial charge in [-0.15, -0.1) is 0 Å². The van der Waals surface area contributed by atoms with Crippen molar-refractivity contribution in [1.82, 2.24) is 10.3 Å².